The Balaban J connectivity index is 0.950. The maximum atomic E-state index is 6.63. The fourth-order valence-electron chi connectivity index (χ4n) is 14.5. The third-order valence-electron chi connectivity index (χ3n) is 17.5. The Labute approximate surface area is 445 Å². The lowest BCUT2D eigenvalue weighted by molar-refractivity contribution is 0.670. The van der Waals surface area contributed by atoms with Gasteiger partial charge in [-0.2, -0.15) is 0 Å². The summed E-state index contributed by atoms with van der Waals surface area (Å²) < 4.78 is 9.15. The molecular weight excluding hydrogens is 933 g/mol. The molecule has 3 heterocycles. The standard InChI is InChI=1S/C74H46N2O/c1-3-20-48(21-4-1)73(49-22-5-2-6-23-49)60-31-11-7-24-53(60)54-45-44-51(46-65(54)73)75(50-42-40-47(41-43-50)52-28-17-30-58-56-26-10-16-39-69(56)77-72(52)58)68-38-19-34-63-70(68)59-27-8-12-32-61(59)74(63)62-33-13-15-37-67(62)76-66-36-14-9-25-55(66)57-29-18-35-64(74)71(57)76/h1-46H. The van der Waals surface area contributed by atoms with Crippen LogP contribution in [0.25, 0.3) is 82.8 Å². The molecule has 1 aliphatic heterocycles. The molecule has 2 aromatic heterocycles. The lowest BCUT2D eigenvalue weighted by Gasteiger charge is -2.39. The first-order chi connectivity index (χ1) is 38.2. The third kappa shape index (κ3) is 5.49. The second-order valence-electron chi connectivity index (χ2n) is 21.0. The minimum atomic E-state index is -0.613. The number of rotatable bonds is 6. The molecule has 3 aliphatic rings. The van der Waals surface area contributed by atoms with E-state index in [1.165, 1.54) is 94.3 Å². The highest BCUT2D eigenvalue weighted by Crippen LogP contribution is 2.64. The van der Waals surface area contributed by atoms with E-state index in [0.717, 1.165) is 50.1 Å². The largest absolute Gasteiger partial charge is 0.455 e. The lowest BCUT2D eigenvalue weighted by Crippen LogP contribution is -2.33. The van der Waals surface area contributed by atoms with Crippen molar-refractivity contribution >= 4 is 60.8 Å². The van der Waals surface area contributed by atoms with Gasteiger partial charge in [0.1, 0.15) is 11.2 Å². The molecule has 1 atom stereocenters. The van der Waals surface area contributed by atoms with Crippen LogP contribution in [0.1, 0.15) is 44.5 Å². The second kappa shape index (κ2) is 15.8. The third-order valence-corrected chi connectivity index (χ3v) is 17.5. The zero-order chi connectivity index (χ0) is 50.4. The number of aromatic nitrogens is 1. The molecular formula is C74H46N2O. The number of furan rings is 1. The molecule has 0 amide bonds. The molecule has 0 N–H and O–H groups in total. The Morgan fingerprint density at radius 1 is 0.338 bits per heavy atom. The molecule has 12 aromatic carbocycles. The summed E-state index contributed by atoms with van der Waals surface area (Å²) in [5, 5.41) is 4.79. The zero-order valence-corrected chi connectivity index (χ0v) is 41.9. The smallest absolute Gasteiger partial charge is 0.143 e. The van der Waals surface area contributed by atoms with Crippen molar-refractivity contribution in [2.75, 3.05) is 4.90 Å². The maximum Gasteiger partial charge on any atom is 0.143 e. The highest BCUT2D eigenvalue weighted by atomic mass is 16.3. The van der Waals surface area contributed by atoms with Crippen molar-refractivity contribution in [2.24, 2.45) is 0 Å². The number of hydrogen-bond donors (Lipinski definition) is 0. The van der Waals surface area contributed by atoms with Gasteiger partial charge in [0.15, 0.2) is 0 Å². The van der Waals surface area contributed by atoms with E-state index in [0.29, 0.717) is 0 Å². The van der Waals surface area contributed by atoms with Gasteiger partial charge in [-0.05, 0) is 115 Å². The van der Waals surface area contributed by atoms with Crippen molar-refractivity contribution in [1.82, 2.24) is 4.57 Å². The molecule has 358 valence electrons. The first kappa shape index (κ1) is 42.4. The summed E-state index contributed by atoms with van der Waals surface area (Å²) in [6, 6.07) is 104. The van der Waals surface area contributed by atoms with Crippen LogP contribution in [0.4, 0.5) is 17.1 Å². The molecule has 0 fully saturated rings. The Morgan fingerprint density at radius 2 is 0.896 bits per heavy atom. The molecule has 77 heavy (non-hydrogen) atoms. The van der Waals surface area contributed by atoms with Crippen LogP contribution in [0.3, 0.4) is 0 Å². The van der Waals surface area contributed by atoms with Crippen LogP contribution >= 0.6 is 0 Å². The molecule has 1 spiro atoms. The van der Waals surface area contributed by atoms with Crippen LogP contribution in [-0.2, 0) is 10.8 Å². The van der Waals surface area contributed by atoms with Crippen LogP contribution in [0, 0.1) is 0 Å². The Bertz CT molecular complexity index is 4710. The SMILES string of the molecule is c1ccc(C2(c3ccccc3)c3ccccc3-c3ccc(N(c4ccc(-c5cccc6c5oc5ccccc56)cc4)c4cccc5c4-c4ccccc4C54c5ccccc5-n5c6ccccc6c6cccc4c65)cc32)cc1. The first-order valence-corrected chi connectivity index (χ1v) is 26.7. The summed E-state index contributed by atoms with van der Waals surface area (Å²) in [5.74, 6) is 0. The average molecular weight is 979 g/mol. The molecule has 3 heteroatoms. The van der Waals surface area contributed by atoms with E-state index >= 15 is 0 Å². The predicted molar refractivity (Wildman–Crippen MR) is 316 cm³/mol. The van der Waals surface area contributed by atoms with Gasteiger partial charge < -0.3 is 13.9 Å². The van der Waals surface area contributed by atoms with Crippen LogP contribution in [0.15, 0.2) is 283 Å². The molecule has 2 aliphatic carbocycles. The van der Waals surface area contributed by atoms with E-state index in [1.807, 2.05) is 6.07 Å². The van der Waals surface area contributed by atoms with E-state index < -0.39 is 10.8 Å². The summed E-state index contributed by atoms with van der Waals surface area (Å²) in [7, 11) is 0. The summed E-state index contributed by atoms with van der Waals surface area (Å²) in [6.07, 6.45) is 0. The monoisotopic (exact) mass is 978 g/mol. The maximum absolute atomic E-state index is 6.63. The number of benzene rings is 12. The second-order valence-corrected chi connectivity index (χ2v) is 21.0. The average Bonchev–Trinajstić information content (AvgIpc) is 4.43. The molecule has 3 nitrogen and oxygen atoms in total. The highest BCUT2D eigenvalue weighted by molar-refractivity contribution is 6.14. The van der Waals surface area contributed by atoms with E-state index in [4.69, 9.17) is 4.42 Å². The fourth-order valence-corrected chi connectivity index (χ4v) is 14.5. The molecule has 0 saturated heterocycles. The van der Waals surface area contributed by atoms with Crippen LogP contribution in [0.5, 0.6) is 0 Å². The van der Waals surface area contributed by atoms with Gasteiger partial charge in [0.2, 0.25) is 0 Å². The van der Waals surface area contributed by atoms with Crippen molar-refractivity contribution < 1.29 is 4.42 Å². The minimum absolute atomic E-state index is 0.580. The Kier molecular flexibility index (Phi) is 8.69. The van der Waals surface area contributed by atoms with Gasteiger partial charge in [-0.15, -0.1) is 0 Å². The van der Waals surface area contributed by atoms with Crippen molar-refractivity contribution in [1.29, 1.82) is 0 Å². The first-order valence-electron chi connectivity index (χ1n) is 26.7. The van der Waals surface area contributed by atoms with Crippen molar-refractivity contribution in [3.63, 3.8) is 0 Å². The number of anilines is 3. The normalized spacial score (nSPS) is 15.2. The van der Waals surface area contributed by atoms with Gasteiger partial charge >= 0.3 is 0 Å². The van der Waals surface area contributed by atoms with E-state index in [-0.39, 0.29) is 0 Å². The topological polar surface area (TPSA) is 21.3 Å². The van der Waals surface area contributed by atoms with Gasteiger partial charge in [0, 0.05) is 44.0 Å². The van der Waals surface area contributed by atoms with E-state index in [2.05, 4.69) is 282 Å². The minimum Gasteiger partial charge on any atom is -0.455 e. The van der Waals surface area contributed by atoms with E-state index in [1.54, 1.807) is 0 Å². The predicted octanol–water partition coefficient (Wildman–Crippen LogP) is 18.9. The highest BCUT2D eigenvalue weighted by Gasteiger charge is 2.52. The van der Waals surface area contributed by atoms with Crippen LogP contribution < -0.4 is 4.90 Å². The summed E-state index contributed by atoms with van der Waals surface area (Å²) in [6.45, 7) is 0. The summed E-state index contributed by atoms with van der Waals surface area (Å²) in [4.78, 5) is 2.54. The molecule has 17 rings (SSSR count). The van der Waals surface area contributed by atoms with Crippen molar-refractivity contribution in [3.05, 3.63) is 324 Å². The molecule has 0 saturated carbocycles. The number of nitrogens with zero attached hydrogens (tertiary/aromatic N) is 2. The van der Waals surface area contributed by atoms with Gasteiger partial charge in [0.25, 0.3) is 0 Å². The Hall–Kier alpha value is -9.96. The van der Waals surface area contributed by atoms with Crippen LogP contribution in [0.2, 0.25) is 0 Å². The fraction of sp³-hybridized carbons (Fsp3) is 0.0270. The quantitative estimate of drug-likeness (QED) is 0.166. The van der Waals surface area contributed by atoms with Crippen molar-refractivity contribution in [3.8, 4) is 39.1 Å². The molecule has 14 aromatic rings. The van der Waals surface area contributed by atoms with Gasteiger partial charge in [-0.1, -0.05) is 231 Å². The molecule has 1 unspecified atom stereocenters. The number of fused-ring (bicyclic) bond motifs is 18. The summed E-state index contributed by atoms with van der Waals surface area (Å²) >= 11 is 0. The number of hydrogen-bond acceptors (Lipinski definition) is 2. The van der Waals surface area contributed by atoms with Gasteiger partial charge in [-0.3, -0.25) is 0 Å². The van der Waals surface area contributed by atoms with Gasteiger partial charge in [0.05, 0.1) is 33.2 Å². The zero-order valence-electron chi connectivity index (χ0n) is 41.9. The van der Waals surface area contributed by atoms with Crippen LogP contribution in [-0.4, -0.2) is 4.57 Å². The molecule has 0 radical (unpaired) electrons. The van der Waals surface area contributed by atoms with E-state index in [9.17, 15) is 0 Å². The lowest BCUT2D eigenvalue weighted by atomic mass is 9.65. The molecule has 0 bridgehead atoms. The number of para-hydroxylation sites is 5. The van der Waals surface area contributed by atoms with Gasteiger partial charge in [-0.25, -0.2) is 0 Å². The van der Waals surface area contributed by atoms with Crippen molar-refractivity contribution in [2.45, 2.75) is 10.8 Å². The summed E-state index contributed by atoms with van der Waals surface area (Å²) in [5.41, 5.74) is 24.9. The Morgan fingerprint density at radius 3 is 1.70 bits per heavy atom.